The quantitative estimate of drug-likeness (QED) is 0.687. The summed E-state index contributed by atoms with van der Waals surface area (Å²) < 4.78 is 0. The molecule has 0 radical (unpaired) electrons. The van der Waals surface area contributed by atoms with Gasteiger partial charge in [0, 0.05) is 36.1 Å². The lowest BCUT2D eigenvalue weighted by Gasteiger charge is -2.14. The first-order valence-electron chi connectivity index (χ1n) is 8.16. The molecule has 0 aliphatic carbocycles. The summed E-state index contributed by atoms with van der Waals surface area (Å²) in [6.45, 7) is 2.49. The van der Waals surface area contributed by atoms with Crippen LogP contribution in [0.3, 0.4) is 0 Å². The zero-order chi connectivity index (χ0) is 17.2. The zero-order valence-electron chi connectivity index (χ0n) is 13.8. The first-order valence-corrected chi connectivity index (χ1v) is 9.04. The molecule has 0 saturated heterocycles. The van der Waals surface area contributed by atoms with Crippen molar-refractivity contribution in [2.24, 2.45) is 0 Å². The van der Waals surface area contributed by atoms with E-state index in [1.54, 1.807) is 23.5 Å². The van der Waals surface area contributed by atoms with Gasteiger partial charge in [0.05, 0.1) is 5.01 Å². The van der Waals surface area contributed by atoms with Crippen molar-refractivity contribution in [3.8, 4) is 0 Å². The van der Waals surface area contributed by atoms with Gasteiger partial charge in [0.1, 0.15) is 0 Å². The van der Waals surface area contributed by atoms with E-state index < -0.39 is 0 Å². The Morgan fingerprint density at radius 3 is 2.71 bits per heavy atom. The molecular formula is C18H23N3O2S. The number of nitrogens with one attached hydrogen (secondary N) is 2. The van der Waals surface area contributed by atoms with Crippen LogP contribution in [0.15, 0.2) is 41.9 Å². The molecule has 128 valence electrons. The minimum absolute atomic E-state index is 0.0369. The molecule has 24 heavy (non-hydrogen) atoms. The molecule has 2 amide bonds. The molecule has 2 rings (SSSR count). The number of hydrogen-bond donors (Lipinski definition) is 2. The largest absolute Gasteiger partial charge is 0.356 e. The molecule has 1 unspecified atom stereocenters. The normalized spacial score (nSPS) is 11.7. The molecule has 1 atom stereocenters. The number of thiazole rings is 1. The SMILES string of the molecule is CC(CC(=O)NCCCCc1nccs1)NC(=O)c1ccccc1. The van der Waals surface area contributed by atoms with Crippen LogP contribution in [0.1, 0.15) is 41.6 Å². The number of aromatic nitrogens is 1. The van der Waals surface area contributed by atoms with Crippen molar-refractivity contribution < 1.29 is 9.59 Å². The van der Waals surface area contributed by atoms with Crippen molar-refractivity contribution in [1.29, 1.82) is 0 Å². The highest BCUT2D eigenvalue weighted by Crippen LogP contribution is 2.07. The lowest BCUT2D eigenvalue weighted by atomic mass is 10.1. The number of hydrogen-bond acceptors (Lipinski definition) is 4. The smallest absolute Gasteiger partial charge is 0.251 e. The number of carbonyl (C=O) groups excluding carboxylic acids is 2. The molecule has 1 heterocycles. The van der Waals surface area contributed by atoms with E-state index in [0.29, 0.717) is 12.1 Å². The van der Waals surface area contributed by atoms with Gasteiger partial charge in [-0.15, -0.1) is 11.3 Å². The summed E-state index contributed by atoms with van der Waals surface area (Å²) in [5.41, 5.74) is 0.604. The van der Waals surface area contributed by atoms with Gasteiger partial charge in [0.15, 0.2) is 0 Å². The standard InChI is InChI=1S/C18H23N3O2S/c1-14(21-18(23)15-7-3-2-4-8-15)13-16(22)19-10-6-5-9-17-20-11-12-24-17/h2-4,7-8,11-12,14H,5-6,9-10,13H2,1H3,(H,19,22)(H,21,23). The number of amides is 2. The first-order chi connectivity index (χ1) is 11.6. The number of unbranched alkanes of at least 4 members (excludes halogenated alkanes) is 1. The third-order valence-corrected chi connectivity index (χ3v) is 4.37. The fourth-order valence-corrected chi connectivity index (χ4v) is 2.97. The van der Waals surface area contributed by atoms with Gasteiger partial charge < -0.3 is 10.6 Å². The Kier molecular flexibility index (Phi) is 7.42. The van der Waals surface area contributed by atoms with Gasteiger partial charge in [-0.1, -0.05) is 18.2 Å². The van der Waals surface area contributed by atoms with Crippen LogP contribution in [-0.2, 0) is 11.2 Å². The van der Waals surface area contributed by atoms with E-state index in [1.807, 2.05) is 36.7 Å². The minimum atomic E-state index is -0.201. The van der Waals surface area contributed by atoms with E-state index >= 15 is 0 Å². The number of carbonyl (C=O) groups is 2. The molecule has 2 aromatic rings. The Morgan fingerprint density at radius 2 is 2.00 bits per heavy atom. The predicted octanol–water partition coefficient (Wildman–Crippen LogP) is 2.79. The van der Waals surface area contributed by atoms with E-state index in [9.17, 15) is 9.59 Å². The maximum absolute atomic E-state index is 12.0. The van der Waals surface area contributed by atoms with Crippen LogP contribution in [0.25, 0.3) is 0 Å². The summed E-state index contributed by atoms with van der Waals surface area (Å²) in [7, 11) is 0. The molecule has 0 saturated carbocycles. The van der Waals surface area contributed by atoms with Crippen molar-refractivity contribution in [2.75, 3.05) is 6.54 Å². The van der Waals surface area contributed by atoms with Crippen LogP contribution in [-0.4, -0.2) is 29.4 Å². The van der Waals surface area contributed by atoms with E-state index in [2.05, 4.69) is 15.6 Å². The molecule has 0 aliphatic heterocycles. The molecule has 0 aliphatic rings. The van der Waals surface area contributed by atoms with Gasteiger partial charge in [-0.3, -0.25) is 9.59 Å². The molecule has 5 nitrogen and oxygen atoms in total. The van der Waals surface area contributed by atoms with E-state index in [1.165, 1.54) is 0 Å². The van der Waals surface area contributed by atoms with Crippen LogP contribution in [0.4, 0.5) is 0 Å². The van der Waals surface area contributed by atoms with Crippen molar-refractivity contribution in [1.82, 2.24) is 15.6 Å². The number of rotatable bonds is 9. The zero-order valence-corrected chi connectivity index (χ0v) is 14.6. The van der Waals surface area contributed by atoms with Gasteiger partial charge in [-0.25, -0.2) is 4.98 Å². The van der Waals surface area contributed by atoms with Gasteiger partial charge >= 0.3 is 0 Å². The average molecular weight is 345 g/mol. The second kappa shape index (κ2) is 9.82. The van der Waals surface area contributed by atoms with Crippen molar-refractivity contribution in [2.45, 2.75) is 38.6 Å². The fraction of sp³-hybridized carbons (Fsp3) is 0.389. The Labute approximate surface area is 146 Å². The van der Waals surface area contributed by atoms with E-state index in [-0.39, 0.29) is 24.3 Å². The van der Waals surface area contributed by atoms with Crippen LogP contribution < -0.4 is 10.6 Å². The molecule has 2 N–H and O–H groups in total. The third kappa shape index (κ3) is 6.50. The van der Waals surface area contributed by atoms with Crippen LogP contribution in [0, 0.1) is 0 Å². The Balaban J connectivity index is 1.58. The van der Waals surface area contributed by atoms with Gasteiger partial charge in [-0.2, -0.15) is 0 Å². The molecule has 6 heteroatoms. The Bertz CT molecular complexity index is 629. The molecule has 0 bridgehead atoms. The lowest BCUT2D eigenvalue weighted by Crippen LogP contribution is -2.37. The summed E-state index contributed by atoms with van der Waals surface area (Å²) in [6.07, 6.45) is 4.99. The number of nitrogens with zero attached hydrogens (tertiary/aromatic N) is 1. The van der Waals surface area contributed by atoms with Crippen LogP contribution in [0.5, 0.6) is 0 Å². The highest BCUT2D eigenvalue weighted by atomic mass is 32.1. The monoisotopic (exact) mass is 345 g/mol. The van der Waals surface area contributed by atoms with Crippen molar-refractivity contribution >= 4 is 23.2 Å². The first kappa shape index (κ1) is 18.1. The Hall–Kier alpha value is -2.21. The summed E-state index contributed by atoms with van der Waals surface area (Å²) in [5, 5.41) is 8.85. The average Bonchev–Trinajstić information content (AvgIpc) is 3.08. The van der Waals surface area contributed by atoms with E-state index in [4.69, 9.17) is 0 Å². The maximum Gasteiger partial charge on any atom is 0.251 e. The van der Waals surface area contributed by atoms with Crippen LogP contribution >= 0.6 is 11.3 Å². The van der Waals surface area contributed by atoms with Crippen LogP contribution in [0.2, 0.25) is 0 Å². The predicted molar refractivity (Wildman–Crippen MR) is 96.0 cm³/mol. The number of aryl methyl sites for hydroxylation is 1. The summed E-state index contributed by atoms with van der Waals surface area (Å²) in [5.74, 6) is -0.190. The minimum Gasteiger partial charge on any atom is -0.356 e. The van der Waals surface area contributed by atoms with E-state index in [0.717, 1.165) is 24.3 Å². The lowest BCUT2D eigenvalue weighted by molar-refractivity contribution is -0.121. The van der Waals surface area contributed by atoms with Crippen molar-refractivity contribution in [3.63, 3.8) is 0 Å². The highest BCUT2D eigenvalue weighted by molar-refractivity contribution is 7.09. The number of benzene rings is 1. The summed E-state index contributed by atoms with van der Waals surface area (Å²) in [4.78, 5) is 28.1. The molecular weight excluding hydrogens is 322 g/mol. The molecule has 0 fully saturated rings. The third-order valence-electron chi connectivity index (χ3n) is 3.53. The van der Waals surface area contributed by atoms with Gasteiger partial charge in [0.25, 0.3) is 5.91 Å². The molecule has 1 aromatic carbocycles. The maximum atomic E-state index is 12.0. The molecule has 0 spiro atoms. The van der Waals surface area contributed by atoms with Gasteiger partial charge in [0.2, 0.25) is 5.91 Å². The summed E-state index contributed by atoms with van der Waals surface area (Å²) >= 11 is 1.66. The Morgan fingerprint density at radius 1 is 1.21 bits per heavy atom. The topological polar surface area (TPSA) is 71.1 Å². The second-order valence-corrected chi connectivity index (χ2v) is 6.66. The second-order valence-electron chi connectivity index (χ2n) is 5.68. The highest BCUT2D eigenvalue weighted by Gasteiger charge is 2.12. The fourth-order valence-electron chi connectivity index (χ4n) is 2.30. The van der Waals surface area contributed by atoms with Gasteiger partial charge in [-0.05, 0) is 38.3 Å². The molecule has 1 aromatic heterocycles. The summed E-state index contributed by atoms with van der Waals surface area (Å²) in [6, 6.07) is 8.81. The van der Waals surface area contributed by atoms with Crippen molar-refractivity contribution in [3.05, 3.63) is 52.5 Å².